The first-order chi connectivity index (χ1) is 13.0. The first-order valence-electron chi connectivity index (χ1n) is 8.44. The van der Waals surface area contributed by atoms with Crippen LogP contribution in [0.15, 0.2) is 69.2 Å². The van der Waals surface area contributed by atoms with Gasteiger partial charge in [0.1, 0.15) is 10.5 Å². The number of esters is 1. The first-order valence-corrected chi connectivity index (χ1v) is 9.31. The highest BCUT2D eigenvalue weighted by atomic mass is 32.1. The highest BCUT2D eigenvalue weighted by molar-refractivity contribution is 7.12. The molecular weight excluding hydrogens is 360 g/mol. The molecule has 0 fully saturated rings. The van der Waals surface area contributed by atoms with E-state index in [9.17, 15) is 9.59 Å². The van der Waals surface area contributed by atoms with Crippen molar-refractivity contribution in [2.45, 2.75) is 13.8 Å². The molecule has 0 amide bonds. The Morgan fingerprint density at radius 2 is 1.74 bits per heavy atom. The fourth-order valence-electron chi connectivity index (χ4n) is 2.84. The minimum absolute atomic E-state index is 0.0876. The Labute approximate surface area is 159 Å². The number of hydrogen-bond acceptors (Lipinski definition) is 5. The van der Waals surface area contributed by atoms with E-state index in [1.807, 2.05) is 50.2 Å². The lowest BCUT2D eigenvalue weighted by molar-refractivity contribution is 0.0736. The van der Waals surface area contributed by atoms with Gasteiger partial charge in [0.2, 0.25) is 11.2 Å². The Balaban J connectivity index is 1.96. The van der Waals surface area contributed by atoms with Crippen LogP contribution in [0.2, 0.25) is 0 Å². The standard InChI is InChI=1S/C22H16O4S/c1-13-11-16-17(12-14(13)2)25-20(15-7-4-3-5-8-15)21(19(16)23)26-22(24)18-9-6-10-27-18/h3-12H,1-2H3. The molecule has 0 radical (unpaired) electrons. The molecule has 4 nitrogen and oxygen atoms in total. The second-order valence-electron chi connectivity index (χ2n) is 6.25. The van der Waals surface area contributed by atoms with Crippen LogP contribution < -0.4 is 10.2 Å². The van der Waals surface area contributed by atoms with Gasteiger partial charge < -0.3 is 9.15 Å². The van der Waals surface area contributed by atoms with Crippen LogP contribution in [0, 0.1) is 13.8 Å². The van der Waals surface area contributed by atoms with E-state index >= 15 is 0 Å². The number of thiophene rings is 1. The molecule has 2 aromatic carbocycles. The minimum atomic E-state index is -0.572. The summed E-state index contributed by atoms with van der Waals surface area (Å²) in [6.45, 7) is 3.89. The molecule has 4 rings (SSSR count). The monoisotopic (exact) mass is 376 g/mol. The van der Waals surface area contributed by atoms with E-state index in [0.717, 1.165) is 11.1 Å². The quantitative estimate of drug-likeness (QED) is 0.452. The molecule has 0 saturated heterocycles. The van der Waals surface area contributed by atoms with Crippen LogP contribution in [0.3, 0.4) is 0 Å². The Hall–Kier alpha value is -3.18. The summed E-state index contributed by atoms with van der Waals surface area (Å²) in [6.07, 6.45) is 0. The molecule has 2 aromatic heterocycles. The van der Waals surface area contributed by atoms with Crippen LogP contribution in [0.4, 0.5) is 0 Å². The fraction of sp³-hybridized carbons (Fsp3) is 0.0909. The minimum Gasteiger partial charge on any atom is -0.452 e. The van der Waals surface area contributed by atoms with Crippen molar-refractivity contribution in [3.63, 3.8) is 0 Å². The molecule has 134 valence electrons. The smallest absolute Gasteiger partial charge is 0.353 e. The van der Waals surface area contributed by atoms with E-state index in [0.29, 0.717) is 21.4 Å². The second-order valence-corrected chi connectivity index (χ2v) is 7.20. The van der Waals surface area contributed by atoms with Gasteiger partial charge in [-0.25, -0.2) is 4.79 Å². The Morgan fingerprint density at radius 1 is 1.00 bits per heavy atom. The third kappa shape index (κ3) is 3.17. The van der Waals surface area contributed by atoms with Gasteiger partial charge >= 0.3 is 5.97 Å². The normalized spacial score (nSPS) is 10.9. The molecule has 0 saturated carbocycles. The number of fused-ring (bicyclic) bond motifs is 1. The van der Waals surface area contributed by atoms with Crippen LogP contribution in [0.1, 0.15) is 20.8 Å². The summed E-state index contributed by atoms with van der Waals surface area (Å²) >= 11 is 1.26. The lowest BCUT2D eigenvalue weighted by Gasteiger charge is -2.11. The van der Waals surface area contributed by atoms with Gasteiger partial charge in [0.25, 0.3) is 0 Å². The lowest BCUT2D eigenvalue weighted by Crippen LogP contribution is -2.15. The average Bonchev–Trinajstić information content (AvgIpc) is 3.21. The molecule has 0 bridgehead atoms. The van der Waals surface area contributed by atoms with Crippen molar-refractivity contribution in [2.75, 3.05) is 0 Å². The van der Waals surface area contributed by atoms with Crippen LogP contribution >= 0.6 is 11.3 Å². The van der Waals surface area contributed by atoms with Crippen LogP contribution in [0.5, 0.6) is 5.75 Å². The van der Waals surface area contributed by atoms with Gasteiger partial charge in [0.15, 0.2) is 5.76 Å². The second kappa shape index (κ2) is 6.85. The molecule has 0 aliphatic rings. The predicted molar refractivity (Wildman–Crippen MR) is 107 cm³/mol. The number of benzene rings is 2. The van der Waals surface area contributed by atoms with Gasteiger partial charge in [0, 0.05) is 5.56 Å². The van der Waals surface area contributed by atoms with Gasteiger partial charge in [-0.3, -0.25) is 4.79 Å². The molecule has 0 atom stereocenters. The summed E-state index contributed by atoms with van der Waals surface area (Å²) in [5.74, 6) is -0.408. The highest BCUT2D eigenvalue weighted by Gasteiger charge is 2.22. The number of rotatable bonds is 3. The summed E-state index contributed by atoms with van der Waals surface area (Å²) < 4.78 is 11.6. The maximum absolute atomic E-state index is 13.2. The number of hydrogen-bond donors (Lipinski definition) is 0. The topological polar surface area (TPSA) is 56.5 Å². The largest absolute Gasteiger partial charge is 0.452 e. The fourth-order valence-corrected chi connectivity index (χ4v) is 3.44. The van der Waals surface area contributed by atoms with Crippen molar-refractivity contribution >= 4 is 28.3 Å². The Bertz CT molecular complexity index is 1190. The summed E-state index contributed by atoms with van der Waals surface area (Å²) in [7, 11) is 0. The SMILES string of the molecule is Cc1cc2oc(-c3ccccc3)c(OC(=O)c3cccs3)c(=O)c2cc1C. The molecule has 2 heterocycles. The van der Waals surface area contributed by atoms with Crippen molar-refractivity contribution in [3.8, 4) is 17.1 Å². The number of ether oxygens (including phenoxy) is 1. The van der Waals surface area contributed by atoms with Gasteiger partial charge in [-0.1, -0.05) is 36.4 Å². The first kappa shape index (κ1) is 17.2. The summed E-state index contributed by atoms with van der Waals surface area (Å²) in [4.78, 5) is 26.1. The molecule has 5 heteroatoms. The van der Waals surface area contributed by atoms with Crippen molar-refractivity contribution in [1.82, 2.24) is 0 Å². The Kier molecular flexibility index (Phi) is 4.38. The summed E-state index contributed by atoms with van der Waals surface area (Å²) in [6, 6.07) is 16.2. The van der Waals surface area contributed by atoms with E-state index in [2.05, 4.69) is 0 Å². The molecular formula is C22H16O4S. The zero-order chi connectivity index (χ0) is 19.0. The molecule has 0 unspecified atom stereocenters. The van der Waals surface area contributed by atoms with Crippen molar-refractivity contribution in [1.29, 1.82) is 0 Å². The third-order valence-electron chi connectivity index (χ3n) is 4.42. The van der Waals surface area contributed by atoms with Crippen molar-refractivity contribution in [3.05, 3.63) is 86.2 Å². The van der Waals surface area contributed by atoms with E-state index < -0.39 is 5.97 Å². The third-order valence-corrected chi connectivity index (χ3v) is 5.27. The summed E-state index contributed by atoms with van der Waals surface area (Å²) in [5, 5.41) is 2.18. The predicted octanol–water partition coefficient (Wildman–Crippen LogP) is 5.36. The van der Waals surface area contributed by atoms with Crippen LogP contribution in [-0.2, 0) is 0 Å². The maximum Gasteiger partial charge on any atom is 0.353 e. The summed E-state index contributed by atoms with van der Waals surface area (Å²) in [5.41, 5.74) is 2.77. The van der Waals surface area contributed by atoms with Crippen molar-refractivity contribution < 1.29 is 13.9 Å². The maximum atomic E-state index is 13.2. The van der Waals surface area contributed by atoms with Gasteiger partial charge in [-0.15, -0.1) is 11.3 Å². The van der Waals surface area contributed by atoms with Gasteiger partial charge in [0.05, 0.1) is 5.39 Å². The Morgan fingerprint density at radius 3 is 2.44 bits per heavy atom. The van der Waals surface area contributed by atoms with Crippen LogP contribution in [-0.4, -0.2) is 5.97 Å². The van der Waals surface area contributed by atoms with Crippen LogP contribution in [0.25, 0.3) is 22.3 Å². The van der Waals surface area contributed by atoms with Gasteiger partial charge in [-0.05, 0) is 48.6 Å². The van der Waals surface area contributed by atoms with E-state index in [4.69, 9.17) is 9.15 Å². The number of carbonyl (C=O) groups excluding carboxylic acids is 1. The average molecular weight is 376 g/mol. The number of carbonyl (C=O) groups is 1. The molecule has 0 aliphatic heterocycles. The molecule has 0 spiro atoms. The zero-order valence-corrected chi connectivity index (χ0v) is 15.6. The van der Waals surface area contributed by atoms with E-state index in [-0.39, 0.29) is 16.9 Å². The number of aryl methyl sites for hydroxylation is 2. The molecule has 27 heavy (non-hydrogen) atoms. The highest BCUT2D eigenvalue weighted by Crippen LogP contribution is 2.32. The molecule has 0 N–H and O–H groups in total. The lowest BCUT2D eigenvalue weighted by atomic mass is 10.0. The van der Waals surface area contributed by atoms with E-state index in [1.54, 1.807) is 23.6 Å². The van der Waals surface area contributed by atoms with E-state index in [1.165, 1.54) is 11.3 Å². The van der Waals surface area contributed by atoms with Gasteiger partial charge in [-0.2, -0.15) is 0 Å². The molecule has 4 aromatic rings. The zero-order valence-electron chi connectivity index (χ0n) is 14.8. The van der Waals surface area contributed by atoms with Crippen molar-refractivity contribution in [2.24, 2.45) is 0 Å². The molecule has 0 aliphatic carbocycles.